The topological polar surface area (TPSA) is 225 Å². The summed E-state index contributed by atoms with van der Waals surface area (Å²) in [5, 5.41) is 66.7. The SMILES string of the molecule is CCCCc1nc(Cl)c(C(=O)[O-])n1Cc1ccc2oc(-c3ccccc3-c3nnn([C@@H]4O[C@H](C(=O)[O-])[C@@H](O)[C@H](O)[C@H]4O)n3)c(Br)c2c1. The number of aliphatic hydroxyl groups is 3. The molecule has 0 bridgehead atoms. The van der Waals surface area contributed by atoms with Crippen LogP contribution in [0.3, 0.4) is 0 Å². The van der Waals surface area contributed by atoms with Gasteiger partial charge in [-0.15, -0.1) is 15.0 Å². The minimum atomic E-state index is -1.95. The van der Waals surface area contributed by atoms with E-state index >= 15 is 0 Å². The van der Waals surface area contributed by atoms with Crippen LogP contribution < -0.4 is 10.2 Å². The highest BCUT2D eigenvalue weighted by Crippen LogP contribution is 2.41. The van der Waals surface area contributed by atoms with Crippen LogP contribution in [0, 0.1) is 0 Å². The molecular formula is C30H26BrClN6O9-2. The summed E-state index contributed by atoms with van der Waals surface area (Å²) in [5.41, 5.74) is 2.09. The number of carbonyl (C=O) groups is 2. The van der Waals surface area contributed by atoms with Gasteiger partial charge in [-0.3, -0.25) is 0 Å². The van der Waals surface area contributed by atoms with Gasteiger partial charge in [0.2, 0.25) is 5.82 Å². The highest BCUT2D eigenvalue weighted by molar-refractivity contribution is 9.10. The fourth-order valence-electron chi connectivity index (χ4n) is 5.49. The summed E-state index contributed by atoms with van der Waals surface area (Å²) in [6.07, 6.45) is -6.89. The largest absolute Gasteiger partial charge is 0.547 e. The summed E-state index contributed by atoms with van der Waals surface area (Å²) in [7, 11) is 0. The molecule has 0 radical (unpaired) electrons. The van der Waals surface area contributed by atoms with Crippen molar-refractivity contribution in [1.29, 1.82) is 0 Å². The van der Waals surface area contributed by atoms with Crippen molar-refractivity contribution in [3.05, 3.63) is 69.2 Å². The average Bonchev–Trinajstić information content (AvgIpc) is 3.74. The van der Waals surface area contributed by atoms with Crippen LogP contribution in [0.4, 0.5) is 0 Å². The number of nitrogens with zero attached hydrogens (tertiary/aromatic N) is 6. The summed E-state index contributed by atoms with van der Waals surface area (Å²) in [4.78, 5) is 28.4. The van der Waals surface area contributed by atoms with E-state index in [1.807, 2.05) is 13.0 Å². The third kappa shape index (κ3) is 6.03. The number of aryl methyl sites for hydroxylation is 1. The maximum absolute atomic E-state index is 11.9. The second-order valence-corrected chi connectivity index (χ2v) is 12.1. The number of aliphatic hydroxyl groups excluding tert-OH is 3. The minimum absolute atomic E-state index is 0.0569. The highest BCUT2D eigenvalue weighted by atomic mass is 79.9. The Kier molecular flexibility index (Phi) is 9.15. The van der Waals surface area contributed by atoms with Gasteiger partial charge in [0, 0.05) is 29.5 Å². The zero-order valence-corrected chi connectivity index (χ0v) is 26.8. The van der Waals surface area contributed by atoms with Crippen molar-refractivity contribution in [2.45, 2.75) is 63.4 Å². The number of rotatable bonds is 10. The molecule has 3 N–H and O–H groups in total. The van der Waals surface area contributed by atoms with E-state index < -0.39 is 42.6 Å². The Bertz CT molecular complexity index is 1980. The second kappa shape index (κ2) is 13.1. The van der Waals surface area contributed by atoms with Crippen molar-refractivity contribution < 1.29 is 44.3 Å². The number of furan rings is 1. The number of aliphatic carboxylic acids is 1. The Hall–Kier alpha value is -4.19. The van der Waals surface area contributed by atoms with Gasteiger partial charge < -0.3 is 48.8 Å². The van der Waals surface area contributed by atoms with Crippen LogP contribution in [0.25, 0.3) is 33.7 Å². The Labute approximate surface area is 279 Å². The van der Waals surface area contributed by atoms with E-state index in [1.165, 1.54) is 0 Å². The number of hydrogen-bond donors (Lipinski definition) is 3. The number of carbonyl (C=O) groups excluding carboxylic acids is 2. The van der Waals surface area contributed by atoms with E-state index in [4.69, 9.17) is 20.8 Å². The Morgan fingerprint density at radius 1 is 1.06 bits per heavy atom. The standard InChI is InChI=1S/C30H28BrClN6O9/c1-2-3-8-18-33-26(32)20(29(42)43)37(18)12-13-9-10-17-16(11-13)19(31)24(46-17)14-6-4-5-7-15(14)27-34-36-38(35-27)28-23(41)21(39)22(40)25(47-28)30(44)45/h4-7,9-11,21-23,25,28,39-41H,2-3,8,12H2,1H3,(H,42,43)(H,44,45)/p-2/t21-,22-,23+,25-,28+/m0/s1. The maximum Gasteiger partial charge on any atom is 0.205 e. The predicted molar refractivity (Wildman–Crippen MR) is 162 cm³/mol. The molecule has 4 heterocycles. The summed E-state index contributed by atoms with van der Waals surface area (Å²) in [6.45, 7) is 2.20. The second-order valence-electron chi connectivity index (χ2n) is 10.9. The number of carboxylic acids is 2. The van der Waals surface area contributed by atoms with Crippen LogP contribution in [-0.4, -0.2) is 81.4 Å². The molecule has 0 unspecified atom stereocenters. The van der Waals surface area contributed by atoms with Crippen molar-refractivity contribution >= 4 is 50.4 Å². The first-order chi connectivity index (χ1) is 22.5. The number of unbranched alkanes of at least 4 members (excludes halogenated alkanes) is 1. The number of hydrogen-bond acceptors (Lipinski definition) is 13. The third-order valence-corrected chi connectivity index (χ3v) is 8.92. The number of ether oxygens (including phenoxy) is 1. The zero-order valence-electron chi connectivity index (χ0n) is 24.5. The molecule has 1 fully saturated rings. The summed E-state index contributed by atoms with van der Waals surface area (Å²) in [6, 6.07) is 12.4. The van der Waals surface area contributed by atoms with E-state index in [0.29, 0.717) is 44.6 Å². The van der Waals surface area contributed by atoms with Gasteiger partial charge in [0.1, 0.15) is 47.3 Å². The van der Waals surface area contributed by atoms with Crippen LogP contribution in [0.15, 0.2) is 51.4 Å². The molecule has 1 saturated heterocycles. The summed E-state index contributed by atoms with van der Waals surface area (Å²) in [5.74, 6) is -2.19. The van der Waals surface area contributed by atoms with E-state index in [-0.39, 0.29) is 23.2 Å². The van der Waals surface area contributed by atoms with Gasteiger partial charge in [-0.1, -0.05) is 55.3 Å². The number of carboxylic acid groups (broad SMARTS) is 2. The van der Waals surface area contributed by atoms with Crippen molar-refractivity contribution in [2.24, 2.45) is 0 Å². The van der Waals surface area contributed by atoms with Crippen molar-refractivity contribution in [3.8, 4) is 22.7 Å². The van der Waals surface area contributed by atoms with Crippen molar-refractivity contribution in [1.82, 2.24) is 29.8 Å². The lowest BCUT2D eigenvalue weighted by Gasteiger charge is -2.39. The van der Waals surface area contributed by atoms with Gasteiger partial charge in [-0.2, -0.15) is 0 Å². The fraction of sp³-hybridized carbons (Fsp3) is 0.333. The number of benzene rings is 2. The molecule has 246 valence electrons. The Balaban J connectivity index is 1.34. The molecule has 2 aromatic carbocycles. The molecule has 5 aromatic rings. The number of aromatic carboxylic acids is 1. The van der Waals surface area contributed by atoms with Gasteiger partial charge >= 0.3 is 0 Å². The lowest BCUT2D eigenvalue weighted by molar-refractivity contribution is -0.338. The normalized spacial score (nSPS) is 21.4. The number of fused-ring (bicyclic) bond motifs is 1. The summed E-state index contributed by atoms with van der Waals surface area (Å²) >= 11 is 9.82. The minimum Gasteiger partial charge on any atom is -0.547 e. The monoisotopic (exact) mass is 728 g/mol. The first-order valence-electron chi connectivity index (χ1n) is 14.5. The molecule has 15 nitrogen and oxygen atoms in total. The molecule has 47 heavy (non-hydrogen) atoms. The van der Waals surface area contributed by atoms with Crippen molar-refractivity contribution in [2.75, 3.05) is 0 Å². The molecule has 0 saturated carbocycles. The first kappa shape index (κ1) is 32.7. The molecule has 1 aliphatic heterocycles. The molecule has 0 spiro atoms. The molecular weight excluding hydrogens is 704 g/mol. The number of aromatic nitrogens is 6. The molecule has 6 rings (SSSR count). The molecule has 0 amide bonds. The molecule has 3 aromatic heterocycles. The first-order valence-corrected chi connectivity index (χ1v) is 15.6. The van der Waals surface area contributed by atoms with Gasteiger partial charge in [-0.05, 0) is 45.3 Å². The van der Waals surface area contributed by atoms with Crippen LogP contribution in [0.5, 0.6) is 0 Å². The smallest absolute Gasteiger partial charge is 0.205 e. The van der Waals surface area contributed by atoms with Gasteiger partial charge in [0.15, 0.2) is 11.4 Å². The van der Waals surface area contributed by atoms with Crippen LogP contribution >= 0.6 is 27.5 Å². The Morgan fingerprint density at radius 2 is 1.81 bits per heavy atom. The zero-order chi connectivity index (χ0) is 33.6. The maximum atomic E-state index is 11.9. The summed E-state index contributed by atoms with van der Waals surface area (Å²) < 4.78 is 13.6. The highest BCUT2D eigenvalue weighted by Gasteiger charge is 2.46. The third-order valence-electron chi connectivity index (χ3n) is 7.87. The predicted octanol–water partition coefficient (Wildman–Crippen LogP) is 0.850. The van der Waals surface area contributed by atoms with E-state index in [9.17, 15) is 35.1 Å². The average molecular weight is 730 g/mol. The van der Waals surface area contributed by atoms with Crippen molar-refractivity contribution in [3.63, 3.8) is 0 Å². The quantitative estimate of drug-likeness (QED) is 0.182. The molecule has 1 aliphatic rings. The van der Waals surface area contributed by atoms with Gasteiger partial charge in [-0.25, -0.2) is 4.98 Å². The van der Waals surface area contributed by atoms with Gasteiger partial charge in [0.25, 0.3) is 0 Å². The van der Waals surface area contributed by atoms with E-state index in [2.05, 4.69) is 36.3 Å². The van der Waals surface area contributed by atoms with Gasteiger partial charge in [0.05, 0.1) is 16.4 Å². The Morgan fingerprint density at radius 3 is 2.51 bits per heavy atom. The lowest BCUT2D eigenvalue weighted by atomic mass is 9.98. The number of halogens is 2. The van der Waals surface area contributed by atoms with Crippen LogP contribution in [-0.2, 0) is 22.5 Å². The number of tetrazole rings is 1. The van der Waals surface area contributed by atoms with E-state index in [1.54, 1.807) is 41.0 Å². The van der Waals surface area contributed by atoms with E-state index in [0.717, 1.165) is 23.2 Å². The molecule has 5 atom stereocenters. The van der Waals surface area contributed by atoms with Crippen LogP contribution in [0.1, 0.15) is 47.9 Å². The number of imidazole rings is 1. The molecule has 0 aliphatic carbocycles. The lowest BCUT2D eigenvalue weighted by Crippen LogP contribution is -2.60. The fourth-order valence-corrected chi connectivity index (χ4v) is 6.37. The van der Waals surface area contributed by atoms with Crippen LogP contribution in [0.2, 0.25) is 5.15 Å². The molecule has 17 heteroatoms.